The molecule has 2 atom stereocenters. The van der Waals surface area contributed by atoms with Crippen molar-refractivity contribution in [1.29, 1.82) is 0 Å². The first-order valence-corrected chi connectivity index (χ1v) is 6.57. The zero-order valence-corrected chi connectivity index (χ0v) is 11.3. The summed E-state index contributed by atoms with van der Waals surface area (Å²) in [6.45, 7) is 6.93. The number of hydrogen-bond acceptors (Lipinski definition) is 2. The smallest absolute Gasteiger partial charge is 0.0712 e. The second kappa shape index (κ2) is 5.40. The van der Waals surface area contributed by atoms with Crippen molar-refractivity contribution < 1.29 is 5.11 Å². The summed E-state index contributed by atoms with van der Waals surface area (Å²) in [6.07, 6.45) is -0.344. The number of likely N-dealkylation sites (N-methyl/N-ethyl adjacent to an activating group) is 1. The lowest BCUT2D eigenvalue weighted by molar-refractivity contribution is 0.166. The van der Waals surface area contributed by atoms with Gasteiger partial charge in [0, 0.05) is 17.6 Å². The molecule has 0 aliphatic heterocycles. The van der Waals surface area contributed by atoms with Crippen LogP contribution in [0.25, 0.3) is 10.8 Å². The summed E-state index contributed by atoms with van der Waals surface area (Å²) < 4.78 is 0. The minimum absolute atomic E-state index is 0.112. The van der Waals surface area contributed by atoms with Crippen molar-refractivity contribution in [3.05, 3.63) is 42.5 Å². The van der Waals surface area contributed by atoms with E-state index in [0.717, 1.165) is 6.54 Å². The Morgan fingerprint density at radius 2 is 1.72 bits per heavy atom. The van der Waals surface area contributed by atoms with Gasteiger partial charge in [0.05, 0.1) is 12.1 Å². The van der Waals surface area contributed by atoms with Gasteiger partial charge < -0.3 is 10.0 Å². The SMILES string of the molecule is CCN(c1cccc2ccccc12)C(C)C(C)O. The maximum absolute atomic E-state index is 9.81. The monoisotopic (exact) mass is 243 g/mol. The molecule has 0 aromatic heterocycles. The second-order valence-corrected chi connectivity index (χ2v) is 4.77. The number of aliphatic hydroxyl groups excluding tert-OH is 1. The third-order valence-corrected chi connectivity index (χ3v) is 3.61. The first kappa shape index (κ1) is 12.9. The molecule has 0 radical (unpaired) electrons. The van der Waals surface area contributed by atoms with Crippen molar-refractivity contribution in [2.75, 3.05) is 11.4 Å². The van der Waals surface area contributed by atoms with Crippen LogP contribution in [0.15, 0.2) is 42.5 Å². The highest BCUT2D eigenvalue weighted by molar-refractivity contribution is 5.94. The van der Waals surface area contributed by atoms with Gasteiger partial charge in [-0.15, -0.1) is 0 Å². The van der Waals surface area contributed by atoms with E-state index in [0.29, 0.717) is 0 Å². The molecule has 2 rings (SSSR count). The molecular weight excluding hydrogens is 222 g/mol. The molecule has 0 fully saturated rings. The van der Waals surface area contributed by atoms with Crippen LogP contribution in [0.3, 0.4) is 0 Å². The summed E-state index contributed by atoms with van der Waals surface area (Å²) in [5.74, 6) is 0. The number of benzene rings is 2. The van der Waals surface area contributed by atoms with Gasteiger partial charge in [-0.1, -0.05) is 36.4 Å². The molecule has 0 saturated heterocycles. The minimum atomic E-state index is -0.344. The summed E-state index contributed by atoms with van der Waals surface area (Å²) in [4.78, 5) is 2.26. The quantitative estimate of drug-likeness (QED) is 0.889. The average Bonchev–Trinajstić information content (AvgIpc) is 2.39. The second-order valence-electron chi connectivity index (χ2n) is 4.77. The van der Waals surface area contributed by atoms with Gasteiger partial charge in [-0.3, -0.25) is 0 Å². The molecule has 0 aliphatic carbocycles. The normalized spacial score (nSPS) is 14.4. The van der Waals surface area contributed by atoms with Gasteiger partial charge in [0.1, 0.15) is 0 Å². The topological polar surface area (TPSA) is 23.5 Å². The zero-order chi connectivity index (χ0) is 13.1. The van der Waals surface area contributed by atoms with Gasteiger partial charge in [-0.2, -0.15) is 0 Å². The Kier molecular flexibility index (Phi) is 3.87. The maximum Gasteiger partial charge on any atom is 0.0712 e. The third kappa shape index (κ3) is 2.34. The Morgan fingerprint density at radius 1 is 1.06 bits per heavy atom. The Labute approximate surface area is 109 Å². The van der Waals surface area contributed by atoms with Crippen LogP contribution in [0.1, 0.15) is 20.8 Å². The summed E-state index contributed by atoms with van der Waals surface area (Å²) in [6, 6.07) is 14.8. The van der Waals surface area contributed by atoms with Crippen LogP contribution in [0.4, 0.5) is 5.69 Å². The van der Waals surface area contributed by atoms with E-state index in [-0.39, 0.29) is 12.1 Å². The van der Waals surface area contributed by atoms with Crippen LogP contribution in [0, 0.1) is 0 Å². The lowest BCUT2D eigenvalue weighted by atomic mass is 10.1. The predicted molar refractivity (Wildman–Crippen MR) is 78.1 cm³/mol. The van der Waals surface area contributed by atoms with Gasteiger partial charge in [-0.05, 0) is 32.2 Å². The Morgan fingerprint density at radius 3 is 2.39 bits per heavy atom. The number of rotatable bonds is 4. The van der Waals surface area contributed by atoms with E-state index >= 15 is 0 Å². The lowest BCUT2D eigenvalue weighted by Crippen LogP contribution is -2.40. The van der Waals surface area contributed by atoms with Crippen molar-refractivity contribution in [3.63, 3.8) is 0 Å². The fraction of sp³-hybridized carbons (Fsp3) is 0.375. The number of aliphatic hydroxyl groups is 1. The van der Waals surface area contributed by atoms with Gasteiger partial charge in [0.2, 0.25) is 0 Å². The van der Waals surface area contributed by atoms with Crippen LogP contribution < -0.4 is 4.90 Å². The van der Waals surface area contributed by atoms with E-state index in [2.05, 4.69) is 61.2 Å². The standard InChI is InChI=1S/C16H21NO/c1-4-17(12(2)13(3)18)16-11-7-9-14-8-5-6-10-15(14)16/h5-13,18H,4H2,1-3H3. The molecule has 2 heteroatoms. The predicted octanol–water partition coefficient (Wildman–Crippen LogP) is 3.44. The van der Waals surface area contributed by atoms with Gasteiger partial charge in [-0.25, -0.2) is 0 Å². The van der Waals surface area contributed by atoms with E-state index in [1.165, 1.54) is 16.5 Å². The largest absolute Gasteiger partial charge is 0.391 e. The molecule has 0 heterocycles. The van der Waals surface area contributed by atoms with Crippen LogP contribution in [0.5, 0.6) is 0 Å². The maximum atomic E-state index is 9.81. The van der Waals surface area contributed by atoms with Crippen LogP contribution in [0.2, 0.25) is 0 Å². The molecule has 1 N–H and O–H groups in total. The molecule has 2 unspecified atom stereocenters. The van der Waals surface area contributed by atoms with Gasteiger partial charge >= 0.3 is 0 Å². The molecule has 2 aromatic rings. The Bertz CT molecular complexity index is 516. The molecule has 0 saturated carbocycles. The number of anilines is 1. The van der Waals surface area contributed by atoms with E-state index in [4.69, 9.17) is 0 Å². The molecule has 0 spiro atoms. The fourth-order valence-electron chi connectivity index (χ4n) is 2.40. The van der Waals surface area contributed by atoms with E-state index in [1.807, 2.05) is 6.92 Å². The average molecular weight is 243 g/mol. The first-order valence-electron chi connectivity index (χ1n) is 6.57. The van der Waals surface area contributed by atoms with Crippen molar-refractivity contribution in [2.45, 2.75) is 32.9 Å². The summed E-state index contributed by atoms with van der Waals surface area (Å²) in [5.41, 5.74) is 1.20. The van der Waals surface area contributed by atoms with Gasteiger partial charge in [0.25, 0.3) is 0 Å². The van der Waals surface area contributed by atoms with Crippen molar-refractivity contribution in [3.8, 4) is 0 Å². The molecule has 2 aromatic carbocycles. The minimum Gasteiger partial charge on any atom is -0.391 e. The summed E-state index contributed by atoms with van der Waals surface area (Å²) in [7, 11) is 0. The Balaban J connectivity index is 2.51. The molecule has 0 amide bonds. The summed E-state index contributed by atoms with van der Waals surface area (Å²) >= 11 is 0. The van der Waals surface area contributed by atoms with Gasteiger partial charge in [0.15, 0.2) is 0 Å². The number of nitrogens with zero attached hydrogens (tertiary/aromatic N) is 1. The third-order valence-electron chi connectivity index (χ3n) is 3.61. The van der Waals surface area contributed by atoms with Crippen molar-refractivity contribution in [1.82, 2.24) is 0 Å². The number of hydrogen-bond donors (Lipinski definition) is 1. The molecular formula is C16H21NO. The van der Waals surface area contributed by atoms with Crippen molar-refractivity contribution in [2.24, 2.45) is 0 Å². The fourth-order valence-corrected chi connectivity index (χ4v) is 2.40. The molecule has 0 aliphatic rings. The van der Waals surface area contributed by atoms with E-state index in [9.17, 15) is 5.11 Å². The molecule has 18 heavy (non-hydrogen) atoms. The molecule has 2 nitrogen and oxygen atoms in total. The van der Waals surface area contributed by atoms with Crippen LogP contribution in [-0.4, -0.2) is 23.8 Å². The highest BCUT2D eigenvalue weighted by atomic mass is 16.3. The van der Waals surface area contributed by atoms with Crippen LogP contribution >= 0.6 is 0 Å². The zero-order valence-electron chi connectivity index (χ0n) is 11.3. The molecule has 96 valence electrons. The lowest BCUT2D eigenvalue weighted by Gasteiger charge is -2.33. The molecule has 0 bridgehead atoms. The first-order chi connectivity index (χ1) is 8.65. The van der Waals surface area contributed by atoms with Crippen LogP contribution in [-0.2, 0) is 0 Å². The van der Waals surface area contributed by atoms with E-state index in [1.54, 1.807) is 0 Å². The highest BCUT2D eigenvalue weighted by Gasteiger charge is 2.18. The number of fused-ring (bicyclic) bond motifs is 1. The Hall–Kier alpha value is -1.54. The van der Waals surface area contributed by atoms with Crippen molar-refractivity contribution >= 4 is 16.5 Å². The highest BCUT2D eigenvalue weighted by Crippen LogP contribution is 2.28. The summed E-state index contributed by atoms with van der Waals surface area (Å²) in [5, 5.41) is 12.3. The van der Waals surface area contributed by atoms with E-state index < -0.39 is 0 Å².